The van der Waals surface area contributed by atoms with E-state index in [9.17, 15) is 9.59 Å². The molecule has 6 atom stereocenters. The molecule has 1 aromatic carbocycles. The summed E-state index contributed by atoms with van der Waals surface area (Å²) in [5.41, 5.74) is 7.76. The van der Waals surface area contributed by atoms with Crippen LogP contribution in [0.3, 0.4) is 0 Å². The maximum Gasteiger partial charge on any atom is 0.245 e. The van der Waals surface area contributed by atoms with Gasteiger partial charge in [0, 0.05) is 43.2 Å². The van der Waals surface area contributed by atoms with E-state index < -0.39 is 6.04 Å². The van der Waals surface area contributed by atoms with Crippen molar-refractivity contribution in [3.8, 4) is 0 Å². The summed E-state index contributed by atoms with van der Waals surface area (Å²) in [6.45, 7) is 2.57. The zero-order chi connectivity index (χ0) is 24.2. The number of ether oxygens (including phenoxy) is 1. The zero-order valence-electron chi connectivity index (χ0n) is 21.0. The summed E-state index contributed by atoms with van der Waals surface area (Å²) in [6.07, 6.45) is 8.84. The Kier molecular flexibility index (Phi) is 6.14. The number of carbonyl (C=O) groups is 2. The van der Waals surface area contributed by atoms with Gasteiger partial charge in [-0.25, -0.2) is 0 Å². The summed E-state index contributed by atoms with van der Waals surface area (Å²) in [4.78, 5) is 34.0. The molecule has 0 unspecified atom stereocenters. The number of hydrogen-bond acceptors (Lipinski definition) is 5. The maximum absolute atomic E-state index is 14.1. The highest BCUT2D eigenvalue weighted by Gasteiger charge is 2.58. The van der Waals surface area contributed by atoms with Crippen LogP contribution in [-0.2, 0) is 14.3 Å². The Labute approximate surface area is 208 Å². The zero-order valence-corrected chi connectivity index (χ0v) is 21.0. The van der Waals surface area contributed by atoms with Crippen molar-refractivity contribution in [1.82, 2.24) is 14.7 Å². The van der Waals surface area contributed by atoms with Gasteiger partial charge in [-0.15, -0.1) is 0 Å². The van der Waals surface area contributed by atoms with Gasteiger partial charge in [0.25, 0.3) is 0 Å². The number of nitrogens with zero attached hydrogens (tertiary/aromatic N) is 3. The van der Waals surface area contributed by atoms with Crippen LogP contribution in [0.5, 0.6) is 0 Å². The molecule has 35 heavy (non-hydrogen) atoms. The minimum Gasteiger partial charge on any atom is -0.377 e. The third-order valence-corrected chi connectivity index (χ3v) is 9.59. The predicted molar refractivity (Wildman–Crippen MR) is 134 cm³/mol. The van der Waals surface area contributed by atoms with Gasteiger partial charge in [-0.3, -0.25) is 9.59 Å². The average Bonchev–Trinajstić information content (AvgIpc) is 3.33. The van der Waals surface area contributed by atoms with Crippen LogP contribution in [-0.4, -0.2) is 89.1 Å². The van der Waals surface area contributed by atoms with Gasteiger partial charge in [0.05, 0.1) is 12.1 Å². The van der Waals surface area contributed by atoms with Gasteiger partial charge in [-0.05, 0) is 70.4 Å². The Balaban J connectivity index is 1.19. The highest BCUT2D eigenvalue weighted by Crippen LogP contribution is 2.54. The molecule has 2 N–H and O–H groups in total. The number of rotatable bonds is 5. The van der Waals surface area contributed by atoms with Crippen molar-refractivity contribution in [2.75, 3.05) is 26.7 Å². The minimum atomic E-state index is -0.521. The van der Waals surface area contributed by atoms with E-state index in [0.29, 0.717) is 24.5 Å². The van der Waals surface area contributed by atoms with E-state index in [1.807, 2.05) is 11.0 Å². The maximum atomic E-state index is 14.1. The molecule has 1 spiro atoms. The standard InChI is InChI=1S/C28H40N4O3/c1-30(18-23-11-14-35-23)21-7-9-24(29)26(33)32-22(15-21)8-10-25(32)27(34)31-17-20(16-28(31)12-13-28)19-5-3-2-4-6-19/h2-6,20-25H,7-18,29H2,1H3/t20-,21-,22+,23-,24-,25-/m0/s1. The lowest BCUT2D eigenvalue weighted by Gasteiger charge is -2.41. The molecule has 5 aliphatic rings. The Hall–Kier alpha value is -1.96. The molecule has 0 aromatic heterocycles. The number of amides is 2. The number of likely N-dealkylation sites (tertiary alicyclic amines) is 1. The fourth-order valence-electron chi connectivity index (χ4n) is 7.23. The summed E-state index contributed by atoms with van der Waals surface area (Å²) in [5.74, 6) is 0.534. The number of nitrogens with two attached hydrogens (primary N) is 1. The minimum absolute atomic E-state index is 0.00903. The normalized spacial score (nSPS) is 36.1. The first-order valence-electron chi connectivity index (χ1n) is 13.7. The van der Waals surface area contributed by atoms with Crippen LogP contribution >= 0.6 is 0 Å². The quantitative estimate of drug-likeness (QED) is 0.701. The van der Waals surface area contributed by atoms with Gasteiger partial charge in [-0.2, -0.15) is 0 Å². The van der Waals surface area contributed by atoms with Crippen molar-refractivity contribution in [3.05, 3.63) is 35.9 Å². The molecule has 1 saturated carbocycles. The van der Waals surface area contributed by atoms with Crippen molar-refractivity contribution < 1.29 is 14.3 Å². The first kappa shape index (κ1) is 23.4. The van der Waals surface area contributed by atoms with Crippen LogP contribution in [0.15, 0.2) is 30.3 Å². The van der Waals surface area contributed by atoms with E-state index in [-0.39, 0.29) is 29.4 Å². The number of carbonyl (C=O) groups excluding carboxylic acids is 2. The SMILES string of the molecule is CN(C[C@@H]1CCO1)[C@H]1CC[C@H](N)C(=O)N2[C@H](CC[C@H]2C(=O)N2C[C@@H](c3ccccc3)CC23CC3)C1. The fraction of sp³-hybridized carbons (Fsp3) is 0.714. The van der Waals surface area contributed by atoms with Crippen LogP contribution in [0, 0.1) is 0 Å². The molecule has 7 nitrogen and oxygen atoms in total. The molecule has 4 saturated heterocycles. The molecule has 1 aliphatic carbocycles. The van der Waals surface area contributed by atoms with Gasteiger partial charge in [0.2, 0.25) is 11.8 Å². The number of fused-ring (bicyclic) bond motifs is 1. The monoisotopic (exact) mass is 480 g/mol. The van der Waals surface area contributed by atoms with Crippen molar-refractivity contribution in [3.63, 3.8) is 0 Å². The molecule has 5 fully saturated rings. The van der Waals surface area contributed by atoms with Gasteiger partial charge >= 0.3 is 0 Å². The van der Waals surface area contributed by atoms with E-state index in [2.05, 4.69) is 41.1 Å². The van der Waals surface area contributed by atoms with Gasteiger partial charge in [0.15, 0.2) is 0 Å². The number of likely N-dealkylation sites (N-methyl/N-ethyl adjacent to an activating group) is 1. The molecule has 4 aliphatic heterocycles. The van der Waals surface area contributed by atoms with Gasteiger partial charge in [-0.1, -0.05) is 30.3 Å². The summed E-state index contributed by atoms with van der Waals surface area (Å²) >= 11 is 0. The first-order chi connectivity index (χ1) is 16.9. The summed E-state index contributed by atoms with van der Waals surface area (Å²) in [5, 5.41) is 0. The van der Waals surface area contributed by atoms with Crippen LogP contribution in [0.2, 0.25) is 0 Å². The summed E-state index contributed by atoms with van der Waals surface area (Å²) in [7, 11) is 2.17. The Morgan fingerprint density at radius 2 is 1.91 bits per heavy atom. The van der Waals surface area contributed by atoms with Crippen LogP contribution in [0.25, 0.3) is 0 Å². The van der Waals surface area contributed by atoms with Crippen molar-refractivity contribution in [2.24, 2.45) is 5.73 Å². The second kappa shape index (κ2) is 9.16. The van der Waals surface area contributed by atoms with E-state index in [4.69, 9.17) is 10.5 Å². The lowest BCUT2D eigenvalue weighted by Crippen LogP contribution is -2.58. The third-order valence-electron chi connectivity index (χ3n) is 9.59. The van der Waals surface area contributed by atoms with Crippen LogP contribution < -0.4 is 5.73 Å². The largest absolute Gasteiger partial charge is 0.377 e. The lowest BCUT2D eigenvalue weighted by atomic mass is 9.93. The molecular weight excluding hydrogens is 440 g/mol. The number of hydrogen-bond donors (Lipinski definition) is 1. The van der Waals surface area contributed by atoms with Gasteiger partial charge < -0.3 is 25.2 Å². The second-order valence-electron chi connectivity index (χ2n) is 11.8. The fourth-order valence-corrected chi connectivity index (χ4v) is 7.23. The van der Waals surface area contributed by atoms with Crippen molar-refractivity contribution >= 4 is 11.8 Å². The molecule has 2 amide bonds. The average molecular weight is 481 g/mol. The molecule has 0 radical (unpaired) electrons. The topological polar surface area (TPSA) is 79.1 Å². The molecule has 0 bridgehead atoms. The molecule has 7 heteroatoms. The first-order valence-corrected chi connectivity index (χ1v) is 13.7. The van der Waals surface area contributed by atoms with E-state index >= 15 is 0 Å². The van der Waals surface area contributed by atoms with Crippen LogP contribution in [0.1, 0.15) is 69.3 Å². The third kappa shape index (κ3) is 4.30. The molecule has 6 rings (SSSR count). The number of benzene rings is 1. The highest BCUT2D eigenvalue weighted by atomic mass is 16.5. The summed E-state index contributed by atoms with van der Waals surface area (Å²) < 4.78 is 5.66. The van der Waals surface area contributed by atoms with Gasteiger partial charge in [0.1, 0.15) is 6.04 Å². The van der Waals surface area contributed by atoms with Crippen molar-refractivity contribution in [2.45, 2.75) is 99.5 Å². The Morgan fingerprint density at radius 3 is 2.60 bits per heavy atom. The van der Waals surface area contributed by atoms with E-state index in [0.717, 1.165) is 71.1 Å². The van der Waals surface area contributed by atoms with E-state index in [1.54, 1.807) is 0 Å². The van der Waals surface area contributed by atoms with Crippen molar-refractivity contribution in [1.29, 1.82) is 0 Å². The van der Waals surface area contributed by atoms with Crippen LogP contribution in [0.4, 0.5) is 0 Å². The summed E-state index contributed by atoms with van der Waals surface area (Å²) in [6, 6.07) is 10.2. The predicted octanol–water partition coefficient (Wildman–Crippen LogP) is 2.50. The molecule has 1 aromatic rings. The second-order valence-corrected chi connectivity index (χ2v) is 11.8. The van der Waals surface area contributed by atoms with E-state index in [1.165, 1.54) is 5.56 Å². The lowest BCUT2D eigenvalue weighted by molar-refractivity contribution is -0.148. The molecular formula is C28H40N4O3. The Morgan fingerprint density at radius 1 is 1.14 bits per heavy atom. The molecule has 190 valence electrons. The molecule has 4 heterocycles. The highest BCUT2D eigenvalue weighted by molar-refractivity contribution is 5.91. The smallest absolute Gasteiger partial charge is 0.245 e. The Bertz CT molecular complexity index is 947.